The van der Waals surface area contributed by atoms with Crippen LogP contribution in [0.2, 0.25) is 0 Å². The van der Waals surface area contributed by atoms with Gasteiger partial charge >= 0.3 is 0 Å². The molecule has 0 aromatic heterocycles. The Hall–Kier alpha value is -1.25. The van der Waals surface area contributed by atoms with Crippen molar-refractivity contribution in [1.29, 1.82) is 0 Å². The van der Waals surface area contributed by atoms with Crippen LogP contribution >= 0.6 is 11.8 Å². The van der Waals surface area contributed by atoms with Crippen molar-refractivity contribution in [2.75, 3.05) is 12.9 Å². The first-order valence-electron chi connectivity index (χ1n) is 6.07. The second-order valence-electron chi connectivity index (χ2n) is 4.26. The molecule has 18 heavy (non-hydrogen) atoms. The summed E-state index contributed by atoms with van der Waals surface area (Å²) in [6.07, 6.45) is 0.150. The molecule has 1 atom stereocenters. The number of methoxy groups -OCH3 is 1. The van der Waals surface area contributed by atoms with E-state index in [1.54, 1.807) is 7.11 Å². The molecule has 0 heterocycles. The topological polar surface area (TPSA) is 9.23 Å². The van der Waals surface area contributed by atoms with Gasteiger partial charge in [-0.2, -0.15) is 0 Å². The van der Waals surface area contributed by atoms with Gasteiger partial charge in [0.2, 0.25) is 0 Å². The number of rotatable bonds is 5. The lowest BCUT2D eigenvalue weighted by Crippen LogP contribution is -2.04. The van der Waals surface area contributed by atoms with Gasteiger partial charge in [-0.15, -0.1) is 11.8 Å². The summed E-state index contributed by atoms with van der Waals surface area (Å²) in [6.45, 7) is 2.11. The highest BCUT2D eigenvalue weighted by molar-refractivity contribution is 7.99. The first-order valence-corrected chi connectivity index (χ1v) is 7.05. The number of hydrogen-bond donors (Lipinski definition) is 0. The number of ether oxygens (including phenoxy) is 1. The van der Waals surface area contributed by atoms with Gasteiger partial charge in [0.1, 0.15) is 0 Å². The van der Waals surface area contributed by atoms with Crippen molar-refractivity contribution in [1.82, 2.24) is 0 Å². The molecule has 0 aliphatic carbocycles. The molecule has 0 radical (unpaired) electrons. The summed E-state index contributed by atoms with van der Waals surface area (Å²) in [6, 6.07) is 19.0. The standard InChI is InChI=1S/C16H18OS/c1-13-8-10-15(11-9-13)18-12-16(17-2)14-6-4-3-5-7-14/h3-11,16H,12H2,1-2H3. The number of hydrogen-bond acceptors (Lipinski definition) is 2. The molecule has 2 aromatic rings. The number of aryl methyl sites for hydroxylation is 1. The molecule has 1 nitrogen and oxygen atoms in total. The number of thioether (sulfide) groups is 1. The normalized spacial score (nSPS) is 12.3. The van der Waals surface area contributed by atoms with Crippen LogP contribution in [0, 0.1) is 6.92 Å². The largest absolute Gasteiger partial charge is 0.376 e. The summed E-state index contributed by atoms with van der Waals surface area (Å²) >= 11 is 1.83. The molecule has 0 amide bonds. The Morgan fingerprint density at radius 3 is 2.28 bits per heavy atom. The molecule has 2 heteroatoms. The summed E-state index contributed by atoms with van der Waals surface area (Å²) in [5, 5.41) is 0. The quantitative estimate of drug-likeness (QED) is 0.731. The van der Waals surface area contributed by atoms with Crippen LogP contribution in [0.5, 0.6) is 0 Å². The molecular formula is C16H18OS. The fourth-order valence-electron chi connectivity index (χ4n) is 1.77. The zero-order valence-electron chi connectivity index (χ0n) is 10.8. The monoisotopic (exact) mass is 258 g/mol. The van der Waals surface area contributed by atoms with Crippen LogP contribution in [-0.2, 0) is 4.74 Å². The Labute approximate surface area is 113 Å². The van der Waals surface area contributed by atoms with Gasteiger partial charge in [0.05, 0.1) is 6.10 Å². The summed E-state index contributed by atoms with van der Waals surface area (Å²) < 4.78 is 5.56. The minimum absolute atomic E-state index is 0.150. The first kappa shape index (κ1) is 13.2. The van der Waals surface area contributed by atoms with Crippen molar-refractivity contribution < 1.29 is 4.74 Å². The predicted molar refractivity (Wildman–Crippen MR) is 78.1 cm³/mol. The summed E-state index contributed by atoms with van der Waals surface area (Å²) in [4.78, 5) is 1.29. The molecule has 0 aliphatic heterocycles. The summed E-state index contributed by atoms with van der Waals surface area (Å²) in [7, 11) is 1.77. The van der Waals surface area contributed by atoms with Gasteiger partial charge in [-0.1, -0.05) is 48.0 Å². The third-order valence-electron chi connectivity index (χ3n) is 2.88. The highest BCUT2D eigenvalue weighted by atomic mass is 32.2. The zero-order chi connectivity index (χ0) is 12.8. The fraction of sp³-hybridized carbons (Fsp3) is 0.250. The Balaban J connectivity index is 1.97. The van der Waals surface area contributed by atoms with Crippen LogP contribution in [0.1, 0.15) is 17.2 Å². The Bertz CT molecular complexity index is 464. The maximum absolute atomic E-state index is 5.56. The van der Waals surface area contributed by atoms with Crippen molar-refractivity contribution in [3.05, 3.63) is 65.7 Å². The van der Waals surface area contributed by atoms with E-state index in [0.29, 0.717) is 0 Å². The van der Waals surface area contributed by atoms with E-state index in [4.69, 9.17) is 4.74 Å². The Morgan fingerprint density at radius 1 is 1.00 bits per heavy atom. The molecule has 2 aromatic carbocycles. The molecule has 0 saturated carbocycles. The zero-order valence-corrected chi connectivity index (χ0v) is 11.6. The Kier molecular flexibility index (Phi) is 4.85. The lowest BCUT2D eigenvalue weighted by molar-refractivity contribution is 0.123. The minimum atomic E-state index is 0.150. The molecule has 0 fully saturated rings. The van der Waals surface area contributed by atoms with Crippen molar-refractivity contribution >= 4 is 11.8 Å². The summed E-state index contributed by atoms with van der Waals surface area (Å²) in [5.41, 5.74) is 2.53. The van der Waals surface area contributed by atoms with E-state index >= 15 is 0 Å². The van der Waals surface area contributed by atoms with Crippen molar-refractivity contribution in [3.8, 4) is 0 Å². The first-order chi connectivity index (χ1) is 8.79. The van der Waals surface area contributed by atoms with Gasteiger partial charge in [-0.05, 0) is 24.6 Å². The van der Waals surface area contributed by atoms with E-state index < -0.39 is 0 Å². The van der Waals surface area contributed by atoms with Crippen LogP contribution in [0.25, 0.3) is 0 Å². The van der Waals surface area contributed by atoms with Crippen LogP contribution in [0.3, 0.4) is 0 Å². The smallest absolute Gasteiger partial charge is 0.0914 e. The molecule has 2 rings (SSSR count). The van der Waals surface area contributed by atoms with Gasteiger partial charge in [-0.3, -0.25) is 0 Å². The predicted octanol–water partition coefficient (Wildman–Crippen LogP) is 4.47. The molecule has 0 spiro atoms. The third-order valence-corrected chi connectivity index (χ3v) is 3.95. The Morgan fingerprint density at radius 2 is 1.67 bits per heavy atom. The molecule has 0 aliphatic rings. The van der Waals surface area contributed by atoms with Gasteiger partial charge < -0.3 is 4.74 Å². The number of benzene rings is 2. The van der Waals surface area contributed by atoms with E-state index in [2.05, 4.69) is 55.5 Å². The highest BCUT2D eigenvalue weighted by Crippen LogP contribution is 2.26. The minimum Gasteiger partial charge on any atom is -0.376 e. The van der Waals surface area contributed by atoms with Gasteiger partial charge in [-0.25, -0.2) is 0 Å². The average molecular weight is 258 g/mol. The van der Waals surface area contributed by atoms with Gasteiger partial charge in [0.15, 0.2) is 0 Å². The molecule has 0 N–H and O–H groups in total. The second kappa shape index (κ2) is 6.62. The van der Waals surface area contributed by atoms with Crippen molar-refractivity contribution in [3.63, 3.8) is 0 Å². The highest BCUT2D eigenvalue weighted by Gasteiger charge is 2.10. The van der Waals surface area contributed by atoms with Gasteiger partial charge in [0.25, 0.3) is 0 Å². The molecule has 0 bridgehead atoms. The molecular weight excluding hydrogens is 240 g/mol. The lowest BCUT2D eigenvalue weighted by Gasteiger charge is -2.15. The van der Waals surface area contributed by atoms with Crippen LogP contribution in [-0.4, -0.2) is 12.9 Å². The van der Waals surface area contributed by atoms with E-state index in [-0.39, 0.29) is 6.10 Å². The van der Waals surface area contributed by atoms with Crippen LogP contribution in [0.4, 0.5) is 0 Å². The second-order valence-corrected chi connectivity index (χ2v) is 5.35. The lowest BCUT2D eigenvalue weighted by atomic mass is 10.1. The van der Waals surface area contributed by atoms with Crippen molar-refractivity contribution in [2.24, 2.45) is 0 Å². The van der Waals surface area contributed by atoms with E-state index in [1.165, 1.54) is 16.0 Å². The molecule has 94 valence electrons. The van der Waals surface area contributed by atoms with Crippen LogP contribution in [0.15, 0.2) is 59.5 Å². The van der Waals surface area contributed by atoms with E-state index in [0.717, 1.165) is 5.75 Å². The summed E-state index contributed by atoms with van der Waals surface area (Å²) in [5.74, 6) is 0.934. The average Bonchev–Trinajstić information content (AvgIpc) is 2.43. The maximum atomic E-state index is 5.56. The maximum Gasteiger partial charge on any atom is 0.0914 e. The van der Waals surface area contributed by atoms with Gasteiger partial charge in [0, 0.05) is 17.8 Å². The third kappa shape index (κ3) is 3.62. The SMILES string of the molecule is COC(CSc1ccc(C)cc1)c1ccccc1. The molecule has 1 unspecified atom stereocenters. The fourth-order valence-corrected chi connectivity index (χ4v) is 2.78. The van der Waals surface area contributed by atoms with Crippen molar-refractivity contribution in [2.45, 2.75) is 17.9 Å². The van der Waals surface area contributed by atoms with Crippen LogP contribution < -0.4 is 0 Å². The molecule has 0 saturated heterocycles. The van der Waals surface area contributed by atoms with E-state index in [1.807, 2.05) is 17.8 Å². The van der Waals surface area contributed by atoms with E-state index in [9.17, 15) is 0 Å².